The Morgan fingerprint density at radius 2 is 2.08 bits per heavy atom. The summed E-state index contributed by atoms with van der Waals surface area (Å²) < 4.78 is 5.31. The molecule has 0 bridgehead atoms. The minimum atomic E-state index is -0.0485. The second kappa shape index (κ2) is 7.77. The summed E-state index contributed by atoms with van der Waals surface area (Å²) in [5.74, 6) is 1.62. The van der Waals surface area contributed by atoms with E-state index in [-0.39, 0.29) is 6.04 Å². The van der Waals surface area contributed by atoms with E-state index >= 15 is 0 Å². The van der Waals surface area contributed by atoms with Gasteiger partial charge < -0.3 is 15.4 Å². The van der Waals surface area contributed by atoms with Crippen molar-refractivity contribution in [3.63, 3.8) is 0 Å². The summed E-state index contributed by atoms with van der Waals surface area (Å²) in [6, 6.07) is 13.7. The molecule has 0 spiro atoms. The van der Waals surface area contributed by atoms with E-state index in [1.54, 1.807) is 13.2 Å². The predicted molar refractivity (Wildman–Crippen MR) is 99.3 cm³/mol. The van der Waals surface area contributed by atoms with Crippen LogP contribution in [0.1, 0.15) is 17.2 Å². The largest absolute Gasteiger partial charge is 0.497 e. The number of hydrogen-bond donors (Lipinski definition) is 2. The lowest BCUT2D eigenvalue weighted by Crippen LogP contribution is -2.37. The van der Waals surface area contributed by atoms with Gasteiger partial charge >= 0.3 is 0 Å². The fourth-order valence-corrected chi connectivity index (χ4v) is 3.16. The zero-order valence-electron chi connectivity index (χ0n) is 13.4. The van der Waals surface area contributed by atoms with Gasteiger partial charge in [-0.05, 0) is 35.7 Å². The van der Waals surface area contributed by atoms with Gasteiger partial charge in [0.1, 0.15) is 5.75 Å². The van der Waals surface area contributed by atoms with E-state index in [2.05, 4.69) is 21.7 Å². The van der Waals surface area contributed by atoms with E-state index < -0.39 is 0 Å². The Kier molecular flexibility index (Phi) is 5.48. The Balaban J connectivity index is 1.90. The SMILES string of the molecule is COc1cccc(CC(NC2=NCCN2)c2cccc(Cl)c2Cl)c1. The second-order valence-corrected chi connectivity index (χ2v) is 6.34. The van der Waals surface area contributed by atoms with Crippen molar-refractivity contribution < 1.29 is 4.74 Å². The van der Waals surface area contributed by atoms with Crippen molar-refractivity contribution in [2.75, 3.05) is 20.2 Å². The molecule has 1 aliphatic heterocycles. The monoisotopic (exact) mass is 363 g/mol. The highest BCUT2D eigenvalue weighted by atomic mass is 35.5. The molecule has 4 nitrogen and oxygen atoms in total. The molecule has 126 valence electrons. The van der Waals surface area contributed by atoms with Crippen molar-refractivity contribution in [2.45, 2.75) is 12.5 Å². The van der Waals surface area contributed by atoms with E-state index in [1.807, 2.05) is 30.3 Å². The van der Waals surface area contributed by atoms with Crippen LogP contribution in [0.2, 0.25) is 10.0 Å². The van der Waals surface area contributed by atoms with E-state index in [0.29, 0.717) is 10.0 Å². The molecular weight excluding hydrogens is 345 g/mol. The normalized spacial score (nSPS) is 14.7. The Morgan fingerprint density at radius 3 is 2.83 bits per heavy atom. The Labute approximate surface area is 151 Å². The number of ether oxygens (including phenoxy) is 1. The number of aliphatic imine (C=N–C) groups is 1. The van der Waals surface area contributed by atoms with Crippen LogP contribution in [-0.2, 0) is 6.42 Å². The first-order chi connectivity index (χ1) is 11.7. The lowest BCUT2D eigenvalue weighted by molar-refractivity contribution is 0.414. The van der Waals surface area contributed by atoms with Gasteiger partial charge in [0.05, 0.1) is 29.7 Å². The Bertz CT molecular complexity index is 749. The zero-order chi connectivity index (χ0) is 16.9. The molecule has 2 aromatic rings. The molecular formula is C18H19Cl2N3O. The quantitative estimate of drug-likeness (QED) is 0.848. The van der Waals surface area contributed by atoms with Gasteiger partial charge in [-0.25, -0.2) is 0 Å². The molecule has 0 amide bonds. The Morgan fingerprint density at radius 1 is 1.25 bits per heavy atom. The van der Waals surface area contributed by atoms with E-state index in [1.165, 1.54) is 0 Å². The molecule has 24 heavy (non-hydrogen) atoms. The van der Waals surface area contributed by atoms with Crippen LogP contribution >= 0.6 is 23.2 Å². The fourth-order valence-electron chi connectivity index (χ4n) is 2.72. The van der Waals surface area contributed by atoms with Crippen LogP contribution in [0.5, 0.6) is 5.75 Å². The van der Waals surface area contributed by atoms with Gasteiger partial charge in [-0.2, -0.15) is 0 Å². The summed E-state index contributed by atoms with van der Waals surface area (Å²) in [7, 11) is 1.67. The van der Waals surface area contributed by atoms with Gasteiger partial charge in [0.15, 0.2) is 5.96 Å². The first-order valence-corrected chi connectivity index (χ1v) is 8.54. The molecule has 1 heterocycles. The summed E-state index contributed by atoms with van der Waals surface area (Å²) in [6.45, 7) is 1.62. The van der Waals surface area contributed by atoms with Crippen molar-refractivity contribution in [3.8, 4) is 5.75 Å². The molecule has 1 atom stereocenters. The van der Waals surface area contributed by atoms with Crippen LogP contribution in [-0.4, -0.2) is 26.2 Å². The number of rotatable bonds is 5. The maximum Gasteiger partial charge on any atom is 0.191 e. The summed E-state index contributed by atoms with van der Waals surface area (Å²) in [5.41, 5.74) is 2.09. The highest BCUT2D eigenvalue weighted by Crippen LogP contribution is 2.32. The summed E-state index contributed by atoms with van der Waals surface area (Å²) in [5, 5.41) is 7.80. The molecule has 0 aliphatic carbocycles. The van der Waals surface area contributed by atoms with Crippen molar-refractivity contribution in [1.82, 2.24) is 10.6 Å². The molecule has 0 saturated heterocycles. The van der Waals surface area contributed by atoms with Crippen LogP contribution < -0.4 is 15.4 Å². The topological polar surface area (TPSA) is 45.6 Å². The van der Waals surface area contributed by atoms with Gasteiger partial charge in [-0.1, -0.05) is 47.5 Å². The zero-order valence-corrected chi connectivity index (χ0v) is 14.9. The van der Waals surface area contributed by atoms with Crippen molar-refractivity contribution >= 4 is 29.2 Å². The van der Waals surface area contributed by atoms with E-state index in [0.717, 1.165) is 42.3 Å². The van der Waals surface area contributed by atoms with E-state index in [4.69, 9.17) is 27.9 Å². The molecule has 1 unspecified atom stereocenters. The van der Waals surface area contributed by atoms with Gasteiger partial charge in [-0.15, -0.1) is 0 Å². The van der Waals surface area contributed by atoms with Gasteiger partial charge in [0, 0.05) is 6.54 Å². The average molecular weight is 364 g/mol. The number of methoxy groups -OCH3 is 1. The van der Waals surface area contributed by atoms with Crippen LogP contribution in [0.15, 0.2) is 47.5 Å². The highest BCUT2D eigenvalue weighted by molar-refractivity contribution is 6.42. The number of hydrogen-bond acceptors (Lipinski definition) is 4. The number of benzene rings is 2. The third kappa shape index (κ3) is 3.94. The number of halogens is 2. The third-order valence-electron chi connectivity index (χ3n) is 3.92. The summed E-state index contributed by atoms with van der Waals surface area (Å²) in [6.07, 6.45) is 0.734. The first-order valence-electron chi connectivity index (χ1n) is 7.79. The van der Waals surface area contributed by atoms with Gasteiger partial charge in [0.25, 0.3) is 0 Å². The van der Waals surface area contributed by atoms with Crippen LogP contribution in [0.3, 0.4) is 0 Å². The highest BCUT2D eigenvalue weighted by Gasteiger charge is 2.20. The third-order valence-corrected chi connectivity index (χ3v) is 4.75. The molecule has 0 aromatic heterocycles. The minimum Gasteiger partial charge on any atom is -0.497 e. The molecule has 0 radical (unpaired) electrons. The van der Waals surface area contributed by atoms with Crippen LogP contribution in [0.4, 0.5) is 0 Å². The van der Waals surface area contributed by atoms with Gasteiger partial charge in [-0.3, -0.25) is 4.99 Å². The Hall–Kier alpha value is -1.91. The maximum atomic E-state index is 6.44. The predicted octanol–water partition coefficient (Wildman–Crippen LogP) is 3.83. The molecule has 0 fully saturated rings. The average Bonchev–Trinajstić information content (AvgIpc) is 3.10. The molecule has 0 saturated carbocycles. The van der Waals surface area contributed by atoms with E-state index in [9.17, 15) is 0 Å². The minimum absolute atomic E-state index is 0.0485. The summed E-state index contributed by atoms with van der Waals surface area (Å²) in [4.78, 5) is 4.42. The lowest BCUT2D eigenvalue weighted by atomic mass is 9.98. The van der Waals surface area contributed by atoms with Gasteiger partial charge in [0.2, 0.25) is 0 Å². The molecule has 1 aliphatic rings. The van der Waals surface area contributed by atoms with Crippen molar-refractivity contribution in [2.24, 2.45) is 4.99 Å². The lowest BCUT2D eigenvalue weighted by Gasteiger charge is -2.22. The molecule has 2 N–H and O–H groups in total. The molecule has 3 rings (SSSR count). The second-order valence-electron chi connectivity index (χ2n) is 5.55. The van der Waals surface area contributed by atoms with Crippen molar-refractivity contribution in [1.29, 1.82) is 0 Å². The van der Waals surface area contributed by atoms with Crippen LogP contribution in [0.25, 0.3) is 0 Å². The number of nitrogens with zero attached hydrogens (tertiary/aromatic N) is 1. The number of guanidine groups is 1. The first kappa shape index (κ1) is 16.9. The van der Waals surface area contributed by atoms with Crippen molar-refractivity contribution in [3.05, 3.63) is 63.6 Å². The fraction of sp³-hybridized carbons (Fsp3) is 0.278. The standard InChI is InChI=1S/C18H19Cl2N3O/c1-24-13-5-2-4-12(10-13)11-16(23-18-21-8-9-22-18)14-6-3-7-15(19)17(14)20/h2-7,10,16H,8-9,11H2,1H3,(H2,21,22,23). The summed E-state index contributed by atoms with van der Waals surface area (Å²) >= 11 is 12.6. The van der Waals surface area contributed by atoms with Crippen LogP contribution in [0, 0.1) is 0 Å². The maximum absolute atomic E-state index is 6.44. The molecule has 2 aromatic carbocycles. The smallest absolute Gasteiger partial charge is 0.191 e. The molecule has 6 heteroatoms. The number of nitrogens with one attached hydrogen (secondary N) is 2.